The van der Waals surface area contributed by atoms with E-state index in [1.54, 1.807) is 61.7 Å². The summed E-state index contributed by atoms with van der Waals surface area (Å²) in [6, 6.07) is 19.0. The Hall–Kier alpha value is -3.32. The SMILES string of the molecule is COc1ccc(NC(=O)CN(c2cc(C)ccc2C)S(=O)(=O)c2ccc(C)cc2)cc1. The number of sulfonamides is 1. The van der Waals surface area contributed by atoms with Gasteiger partial charge in [-0.25, -0.2) is 8.42 Å². The number of amides is 1. The number of carbonyl (C=O) groups excluding carboxylic acids is 1. The molecule has 0 aliphatic carbocycles. The monoisotopic (exact) mass is 438 g/mol. The van der Waals surface area contributed by atoms with Crippen LogP contribution in [0.5, 0.6) is 5.75 Å². The lowest BCUT2D eigenvalue weighted by atomic mass is 10.1. The van der Waals surface area contributed by atoms with E-state index in [0.29, 0.717) is 17.1 Å². The molecule has 7 heteroatoms. The molecule has 0 aliphatic rings. The Morgan fingerprint density at radius 1 is 0.903 bits per heavy atom. The molecule has 3 aromatic carbocycles. The van der Waals surface area contributed by atoms with Gasteiger partial charge in [0.25, 0.3) is 10.0 Å². The Morgan fingerprint density at radius 3 is 2.13 bits per heavy atom. The number of hydrogen-bond donors (Lipinski definition) is 1. The minimum Gasteiger partial charge on any atom is -0.497 e. The smallest absolute Gasteiger partial charge is 0.264 e. The molecule has 31 heavy (non-hydrogen) atoms. The fourth-order valence-electron chi connectivity index (χ4n) is 3.13. The van der Waals surface area contributed by atoms with Crippen LogP contribution >= 0.6 is 0 Å². The van der Waals surface area contributed by atoms with Crippen LogP contribution in [0.2, 0.25) is 0 Å². The maximum atomic E-state index is 13.5. The third-order valence-corrected chi connectivity index (χ3v) is 6.68. The van der Waals surface area contributed by atoms with Crippen molar-refractivity contribution in [2.24, 2.45) is 0 Å². The topological polar surface area (TPSA) is 75.7 Å². The summed E-state index contributed by atoms with van der Waals surface area (Å²) >= 11 is 0. The van der Waals surface area contributed by atoms with E-state index in [0.717, 1.165) is 16.7 Å². The molecule has 0 unspecified atom stereocenters. The number of rotatable bonds is 7. The summed E-state index contributed by atoms with van der Waals surface area (Å²) in [5.41, 5.74) is 3.65. The van der Waals surface area contributed by atoms with Gasteiger partial charge < -0.3 is 10.1 Å². The van der Waals surface area contributed by atoms with Crippen LogP contribution in [0.15, 0.2) is 71.6 Å². The van der Waals surface area contributed by atoms with Crippen LogP contribution in [0.4, 0.5) is 11.4 Å². The Balaban J connectivity index is 1.96. The molecular formula is C24H26N2O4S. The van der Waals surface area contributed by atoms with Gasteiger partial charge in [0.2, 0.25) is 5.91 Å². The number of nitrogens with zero attached hydrogens (tertiary/aromatic N) is 1. The minimum absolute atomic E-state index is 0.135. The van der Waals surface area contributed by atoms with Gasteiger partial charge in [0.1, 0.15) is 12.3 Å². The van der Waals surface area contributed by atoms with E-state index in [1.807, 2.05) is 32.9 Å². The number of aryl methyl sites for hydroxylation is 3. The van der Waals surface area contributed by atoms with Crippen molar-refractivity contribution >= 4 is 27.3 Å². The Morgan fingerprint density at radius 2 is 1.52 bits per heavy atom. The first-order chi connectivity index (χ1) is 14.7. The molecule has 1 N–H and O–H groups in total. The normalized spacial score (nSPS) is 11.1. The number of methoxy groups -OCH3 is 1. The van der Waals surface area contributed by atoms with Crippen molar-refractivity contribution in [3.8, 4) is 5.75 Å². The highest BCUT2D eigenvalue weighted by molar-refractivity contribution is 7.92. The van der Waals surface area contributed by atoms with E-state index in [-0.39, 0.29) is 11.4 Å². The second-order valence-electron chi connectivity index (χ2n) is 7.39. The van der Waals surface area contributed by atoms with Gasteiger partial charge in [0, 0.05) is 5.69 Å². The molecule has 6 nitrogen and oxygen atoms in total. The van der Waals surface area contributed by atoms with Gasteiger partial charge in [0.15, 0.2) is 0 Å². The Bertz CT molecular complexity index is 1170. The summed E-state index contributed by atoms with van der Waals surface area (Å²) in [4.78, 5) is 13.0. The van der Waals surface area contributed by atoms with Gasteiger partial charge in [-0.05, 0) is 74.4 Å². The average molecular weight is 439 g/mol. The molecule has 1 amide bonds. The summed E-state index contributed by atoms with van der Waals surface area (Å²) in [5, 5.41) is 2.76. The van der Waals surface area contributed by atoms with Crippen molar-refractivity contribution in [3.05, 3.63) is 83.4 Å². The summed E-state index contributed by atoms with van der Waals surface area (Å²) in [7, 11) is -2.39. The quantitative estimate of drug-likeness (QED) is 0.591. The second kappa shape index (κ2) is 9.22. The average Bonchev–Trinajstić information content (AvgIpc) is 2.74. The standard InChI is InChI=1S/C24H26N2O4S/c1-17-6-13-22(14-7-17)31(28,29)26(23-15-18(2)5-8-19(23)3)16-24(27)25-20-9-11-21(30-4)12-10-20/h5-15H,16H2,1-4H3,(H,25,27). The van der Waals surface area contributed by atoms with Crippen LogP contribution in [0, 0.1) is 20.8 Å². The van der Waals surface area contributed by atoms with Crippen LogP contribution in [-0.2, 0) is 14.8 Å². The molecule has 0 saturated heterocycles. The maximum Gasteiger partial charge on any atom is 0.264 e. The fourth-order valence-corrected chi connectivity index (χ4v) is 4.61. The number of nitrogens with one attached hydrogen (secondary N) is 1. The van der Waals surface area contributed by atoms with Crippen molar-refractivity contribution in [3.63, 3.8) is 0 Å². The first-order valence-corrected chi connectivity index (χ1v) is 11.3. The van der Waals surface area contributed by atoms with Crippen molar-refractivity contribution in [1.29, 1.82) is 0 Å². The number of ether oxygens (including phenoxy) is 1. The molecule has 0 aliphatic heterocycles. The lowest BCUT2D eigenvalue weighted by Gasteiger charge is -2.26. The molecule has 3 rings (SSSR count). The van der Waals surface area contributed by atoms with Gasteiger partial charge in [0.05, 0.1) is 17.7 Å². The molecule has 0 atom stereocenters. The van der Waals surface area contributed by atoms with Crippen LogP contribution in [0.1, 0.15) is 16.7 Å². The molecule has 0 aromatic heterocycles. The summed E-state index contributed by atoms with van der Waals surface area (Å²) in [6.07, 6.45) is 0. The van der Waals surface area contributed by atoms with Gasteiger partial charge >= 0.3 is 0 Å². The molecule has 0 saturated carbocycles. The van der Waals surface area contributed by atoms with Crippen LogP contribution < -0.4 is 14.4 Å². The number of carbonyl (C=O) groups is 1. The Kier molecular flexibility index (Phi) is 6.65. The van der Waals surface area contributed by atoms with E-state index < -0.39 is 15.9 Å². The van der Waals surface area contributed by atoms with Gasteiger partial charge in [-0.1, -0.05) is 29.8 Å². The molecule has 0 fully saturated rings. The molecule has 0 spiro atoms. The van der Waals surface area contributed by atoms with Crippen molar-refractivity contribution in [2.45, 2.75) is 25.7 Å². The lowest BCUT2D eigenvalue weighted by molar-refractivity contribution is -0.114. The zero-order valence-electron chi connectivity index (χ0n) is 18.0. The van der Waals surface area contributed by atoms with E-state index >= 15 is 0 Å². The molecule has 3 aromatic rings. The number of hydrogen-bond acceptors (Lipinski definition) is 4. The number of anilines is 2. The van der Waals surface area contributed by atoms with Crippen LogP contribution in [0.25, 0.3) is 0 Å². The van der Waals surface area contributed by atoms with Crippen LogP contribution in [0.3, 0.4) is 0 Å². The third kappa shape index (κ3) is 5.24. The molecule has 0 bridgehead atoms. The predicted molar refractivity (Wildman–Crippen MR) is 123 cm³/mol. The van der Waals surface area contributed by atoms with E-state index in [1.165, 1.54) is 4.31 Å². The fraction of sp³-hybridized carbons (Fsp3) is 0.208. The van der Waals surface area contributed by atoms with Gasteiger partial charge in [-0.15, -0.1) is 0 Å². The van der Waals surface area contributed by atoms with Crippen molar-refractivity contribution in [2.75, 3.05) is 23.3 Å². The molecule has 0 radical (unpaired) electrons. The second-order valence-corrected chi connectivity index (χ2v) is 9.25. The Labute approximate surface area is 183 Å². The van der Waals surface area contributed by atoms with Gasteiger partial charge in [-0.3, -0.25) is 9.10 Å². The van der Waals surface area contributed by atoms with E-state index in [4.69, 9.17) is 4.74 Å². The van der Waals surface area contributed by atoms with Gasteiger partial charge in [-0.2, -0.15) is 0 Å². The van der Waals surface area contributed by atoms with E-state index in [9.17, 15) is 13.2 Å². The highest BCUT2D eigenvalue weighted by Crippen LogP contribution is 2.28. The lowest BCUT2D eigenvalue weighted by Crippen LogP contribution is -2.38. The van der Waals surface area contributed by atoms with E-state index in [2.05, 4.69) is 5.32 Å². The third-order valence-electron chi connectivity index (χ3n) is 4.90. The largest absolute Gasteiger partial charge is 0.497 e. The number of benzene rings is 3. The highest BCUT2D eigenvalue weighted by Gasteiger charge is 2.28. The summed E-state index contributed by atoms with van der Waals surface area (Å²) in [5.74, 6) is 0.221. The summed E-state index contributed by atoms with van der Waals surface area (Å²) in [6.45, 7) is 5.25. The minimum atomic E-state index is -3.96. The molecular weight excluding hydrogens is 412 g/mol. The molecule has 0 heterocycles. The zero-order chi connectivity index (χ0) is 22.6. The predicted octanol–water partition coefficient (Wildman–Crippen LogP) is 4.45. The zero-order valence-corrected chi connectivity index (χ0v) is 18.9. The molecule has 162 valence electrons. The highest BCUT2D eigenvalue weighted by atomic mass is 32.2. The van der Waals surface area contributed by atoms with Crippen molar-refractivity contribution in [1.82, 2.24) is 0 Å². The first-order valence-electron chi connectivity index (χ1n) is 9.81. The first kappa shape index (κ1) is 22.4. The maximum absolute atomic E-state index is 13.5. The summed E-state index contributed by atoms with van der Waals surface area (Å²) < 4.78 is 33.3. The van der Waals surface area contributed by atoms with Crippen molar-refractivity contribution < 1.29 is 17.9 Å². The van der Waals surface area contributed by atoms with Crippen LogP contribution in [-0.4, -0.2) is 28.0 Å².